The van der Waals surface area contributed by atoms with Crippen LogP contribution in [0, 0.1) is 0 Å². The maximum Gasteiger partial charge on any atom is 0.266 e. The molecule has 5 nitrogen and oxygen atoms in total. The van der Waals surface area contributed by atoms with E-state index in [1.807, 2.05) is 6.07 Å². The average Bonchev–Trinajstić information content (AvgIpc) is 2.87. The van der Waals surface area contributed by atoms with E-state index in [1.54, 1.807) is 24.3 Å². The van der Waals surface area contributed by atoms with E-state index in [2.05, 4.69) is 10.4 Å². The Kier molecular flexibility index (Phi) is 2.97. The third-order valence-corrected chi connectivity index (χ3v) is 6.47. The quantitative estimate of drug-likeness (QED) is 0.888. The van der Waals surface area contributed by atoms with Gasteiger partial charge in [-0.1, -0.05) is 30.3 Å². The minimum atomic E-state index is -4.26. The summed E-state index contributed by atoms with van der Waals surface area (Å²) in [6, 6.07) is 8.60. The zero-order valence-electron chi connectivity index (χ0n) is 11.9. The molecule has 23 heavy (non-hydrogen) atoms. The van der Waals surface area contributed by atoms with E-state index in [-0.39, 0.29) is 6.42 Å². The summed E-state index contributed by atoms with van der Waals surface area (Å²) in [5.41, 5.74) is 0.804. The van der Waals surface area contributed by atoms with E-state index >= 15 is 0 Å². The zero-order valence-corrected chi connectivity index (χ0v) is 12.7. The van der Waals surface area contributed by atoms with Crippen LogP contribution in [0.25, 0.3) is 0 Å². The highest BCUT2D eigenvalue weighted by atomic mass is 32.2. The topological polar surface area (TPSA) is 61.8 Å². The van der Waals surface area contributed by atoms with Crippen molar-refractivity contribution in [3.63, 3.8) is 0 Å². The van der Waals surface area contributed by atoms with Gasteiger partial charge in [0.1, 0.15) is 17.6 Å². The Balaban J connectivity index is 1.65. The molecule has 1 aromatic rings. The summed E-state index contributed by atoms with van der Waals surface area (Å²) >= 11 is 0. The van der Waals surface area contributed by atoms with Gasteiger partial charge in [0.2, 0.25) is 15.0 Å². The van der Waals surface area contributed by atoms with E-state index in [9.17, 15) is 21.6 Å². The van der Waals surface area contributed by atoms with Gasteiger partial charge in [0.15, 0.2) is 0 Å². The lowest BCUT2D eigenvalue weighted by Crippen LogP contribution is -2.42. The van der Waals surface area contributed by atoms with Crippen molar-refractivity contribution < 1.29 is 21.6 Å². The molecular weight excluding hydrogens is 331 g/mol. The van der Waals surface area contributed by atoms with Crippen molar-refractivity contribution in [1.29, 1.82) is 0 Å². The van der Waals surface area contributed by atoms with Crippen LogP contribution < -0.4 is 5.32 Å². The predicted octanol–water partition coefficient (Wildman–Crippen LogP) is 1.79. The van der Waals surface area contributed by atoms with Gasteiger partial charge >= 0.3 is 0 Å². The Morgan fingerprint density at radius 1 is 1.26 bits per heavy atom. The van der Waals surface area contributed by atoms with Crippen molar-refractivity contribution in [1.82, 2.24) is 10.3 Å². The molecule has 1 N–H and O–H groups in total. The molecule has 4 atom stereocenters. The van der Waals surface area contributed by atoms with Gasteiger partial charge in [-0.15, -0.1) is 5.10 Å². The van der Waals surface area contributed by atoms with Gasteiger partial charge in [-0.3, -0.25) is 5.01 Å². The summed E-state index contributed by atoms with van der Waals surface area (Å²) in [7, 11) is -4.26. The Morgan fingerprint density at radius 2 is 1.91 bits per heavy atom. The Hall–Kier alpha value is -1.77. The molecule has 0 radical (unpaired) electrons. The lowest BCUT2D eigenvalue weighted by atomic mass is 10.1. The summed E-state index contributed by atoms with van der Waals surface area (Å²) in [6.07, 6.45) is -2.81. The number of hydrogen-bond acceptors (Lipinski definition) is 5. The van der Waals surface area contributed by atoms with E-state index < -0.39 is 51.0 Å². The highest BCUT2D eigenvalue weighted by Gasteiger charge is 2.66. The van der Waals surface area contributed by atoms with Gasteiger partial charge in [0.25, 0.3) is 5.92 Å². The molecule has 2 unspecified atom stereocenters. The maximum atomic E-state index is 14.2. The Morgan fingerprint density at radius 3 is 2.52 bits per heavy atom. The number of nitrogens with one attached hydrogen (secondary N) is 1. The number of sulfone groups is 1. The molecule has 1 saturated carbocycles. The highest BCUT2D eigenvalue weighted by Crippen LogP contribution is 2.48. The molecule has 0 amide bonds. The Labute approximate surface area is 131 Å². The van der Waals surface area contributed by atoms with Crippen LogP contribution in [0.1, 0.15) is 24.4 Å². The largest absolute Gasteiger partial charge is 0.335 e. The van der Waals surface area contributed by atoms with Gasteiger partial charge in [0.05, 0.1) is 6.04 Å². The van der Waals surface area contributed by atoms with Crippen LogP contribution in [-0.4, -0.2) is 42.1 Å². The molecule has 1 aromatic carbocycles. The number of hydrogen-bond donors (Lipinski definition) is 1. The van der Waals surface area contributed by atoms with Crippen molar-refractivity contribution in [2.75, 3.05) is 0 Å². The number of fused-ring (bicyclic) bond motifs is 1. The first-order chi connectivity index (χ1) is 10.8. The van der Waals surface area contributed by atoms with E-state index in [1.165, 1.54) is 5.01 Å². The number of amidine groups is 1. The van der Waals surface area contributed by atoms with Gasteiger partial charge < -0.3 is 5.32 Å². The second-order valence-corrected chi connectivity index (χ2v) is 8.10. The second kappa shape index (κ2) is 4.62. The van der Waals surface area contributed by atoms with Crippen molar-refractivity contribution in [3.8, 4) is 0 Å². The number of alkyl halides is 3. The second-order valence-electron chi connectivity index (χ2n) is 6.05. The zero-order chi connectivity index (χ0) is 16.4. The summed E-state index contributed by atoms with van der Waals surface area (Å²) in [5.74, 6) is -3.22. The van der Waals surface area contributed by atoms with Crippen molar-refractivity contribution in [3.05, 3.63) is 35.9 Å². The minimum absolute atomic E-state index is 0.165. The van der Waals surface area contributed by atoms with Crippen LogP contribution in [0.5, 0.6) is 0 Å². The maximum absolute atomic E-state index is 14.2. The normalized spacial score (nSPS) is 34.7. The molecule has 4 rings (SSSR count). The van der Waals surface area contributed by atoms with Crippen LogP contribution in [0.2, 0.25) is 0 Å². The molecule has 124 valence electrons. The van der Waals surface area contributed by atoms with E-state index in [0.29, 0.717) is 0 Å². The van der Waals surface area contributed by atoms with Gasteiger partial charge in [-0.25, -0.2) is 21.6 Å². The number of nitrogens with zero attached hydrogens (tertiary/aromatic N) is 2. The number of hydrazone groups is 1. The van der Waals surface area contributed by atoms with Crippen LogP contribution in [0.15, 0.2) is 35.4 Å². The van der Waals surface area contributed by atoms with Gasteiger partial charge in [0, 0.05) is 12.8 Å². The molecule has 0 bridgehead atoms. The molecule has 0 spiro atoms. The van der Waals surface area contributed by atoms with Crippen molar-refractivity contribution in [2.24, 2.45) is 5.10 Å². The van der Waals surface area contributed by atoms with Crippen LogP contribution >= 0.6 is 0 Å². The number of halogens is 3. The lowest BCUT2D eigenvalue weighted by molar-refractivity contribution is 0.121. The smallest absolute Gasteiger partial charge is 0.266 e. The standard InChI is InChI=1S/C14H14F3N3O2S/c15-9-6-10(8-4-2-1-3-5-8)20-12(9)18-13(19-20)23(21,22)11-7-14(11,16)17/h1-5,9-12H,6-7H2,(H,18,19)/t9-,10-,11?,12?/m0/s1. The number of benzene rings is 1. The van der Waals surface area contributed by atoms with Gasteiger partial charge in [-0.05, 0) is 5.56 Å². The monoisotopic (exact) mass is 345 g/mol. The third-order valence-electron chi connectivity index (χ3n) is 4.47. The van der Waals surface area contributed by atoms with Crippen LogP contribution in [0.4, 0.5) is 13.2 Å². The van der Waals surface area contributed by atoms with E-state index in [0.717, 1.165) is 5.56 Å². The molecule has 2 fully saturated rings. The molecule has 1 aliphatic carbocycles. The predicted molar refractivity (Wildman–Crippen MR) is 77.2 cm³/mol. The van der Waals surface area contributed by atoms with Crippen molar-refractivity contribution >= 4 is 15.0 Å². The van der Waals surface area contributed by atoms with E-state index in [4.69, 9.17) is 0 Å². The first-order valence-electron chi connectivity index (χ1n) is 7.25. The van der Waals surface area contributed by atoms with Gasteiger partial charge in [-0.2, -0.15) is 0 Å². The third kappa shape index (κ3) is 2.20. The first-order valence-corrected chi connectivity index (χ1v) is 8.79. The summed E-state index contributed by atoms with van der Waals surface area (Å²) < 4.78 is 64.8. The highest BCUT2D eigenvalue weighted by molar-refractivity contribution is 8.07. The molecule has 1 saturated heterocycles. The fourth-order valence-electron chi connectivity index (χ4n) is 3.12. The Bertz CT molecular complexity index is 769. The fourth-order valence-corrected chi connectivity index (χ4v) is 4.78. The van der Waals surface area contributed by atoms with Crippen LogP contribution in [-0.2, 0) is 9.84 Å². The summed E-state index contributed by atoms with van der Waals surface area (Å²) in [4.78, 5) is 0. The summed E-state index contributed by atoms with van der Waals surface area (Å²) in [5, 5.41) is 5.45. The molecule has 2 heterocycles. The fraction of sp³-hybridized carbons (Fsp3) is 0.500. The molecule has 9 heteroatoms. The molecule has 2 aliphatic heterocycles. The SMILES string of the molecule is O=S(=O)(C1=NN2C(N1)[C@@H](F)C[C@H]2c1ccccc1)C1CC1(F)F. The first kappa shape index (κ1) is 14.8. The summed E-state index contributed by atoms with van der Waals surface area (Å²) in [6.45, 7) is 0. The number of rotatable bonds is 2. The lowest BCUT2D eigenvalue weighted by Gasteiger charge is -2.21. The average molecular weight is 345 g/mol. The van der Waals surface area contributed by atoms with Crippen LogP contribution in [0.3, 0.4) is 0 Å². The molecule has 3 aliphatic rings. The van der Waals surface area contributed by atoms with Crippen molar-refractivity contribution in [2.45, 2.75) is 42.4 Å². The molecular formula is C14H14F3N3O2S. The molecule has 0 aromatic heterocycles. The minimum Gasteiger partial charge on any atom is -0.335 e.